The Morgan fingerprint density at radius 3 is 2.94 bits per heavy atom. The van der Waals surface area contributed by atoms with E-state index in [2.05, 4.69) is 0 Å². The molecular weight excluding hydrogens is 217 g/mol. The summed E-state index contributed by atoms with van der Waals surface area (Å²) in [6, 6.07) is 3.71. The molecule has 0 spiro atoms. The Morgan fingerprint density at radius 1 is 1.69 bits per heavy atom. The summed E-state index contributed by atoms with van der Waals surface area (Å²) < 4.78 is 17.7. The van der Waals surface area contributed by atoms with Gasteiger partial charge in [0.15, 0.2) is 5.75 Å². The zero-order chi connectivity index (χ0) is 12.1. The minimum Gasteiger partial charge on any atom is -0.484 e. The fraction of sp³-hybridized carbons (Fsp3) is 0.222. The van der Waals surface area contributed by atoms with Gasteiger partial charge in [-0.05, 0) is 12.1 Å². The molecule has 1 rings (SSSR count). The van der Waals surface area contributed by atoms with Crippen LogP contribution in [0.3, 0.4) is 0 Å². The van der Waals surface area contributed by atoms with Crippen LogP contribution in [0.1, 0.15) is 0 Å². The van der Waals surface area contributed by atoms with Crippen LogP contribution >= 0.6 is 0 Å². The molecule has 1 atom stereocenters. The van der Waals surface area contributed by atoms with E-state index < -0.39 is 22.5 Å². The molecule has 0 aromatic heterocycles. The third-order valence-electron chi connectivity index (χ3n) is 1.70. The smallest absolute Gasteiger partial charge is 0.313 e. The number of hydrogen-bond acceptors (Lipinski definition) is 5. The number of halogens is 1. The Bertz CT molecular complexity index is 444. The molecule has 0 fully saturated rings. The summed E-state index contributed by atoms with van der Waals surface area (Å²) in [5.41, 5.74) is 4.75. The van der Waals surface area contributed by atoms with Crippen LogP contribution in [0.5, 0.6) is 5.75 Å². The molecule has 16 heavy (non-hydrogen) atoms. The Hall–Kier alpha value is -2.20. The van der Waals surface area contributed by atoms with Crippen LogP contribution in [-0.2, 0) is 0 Å². The van der Waals surface area contributed by atoms with E-state index in [1.807, 2.05) is 0 Å². The van der Waals surface area contributed by atoms with Crippen LogP contribution in [0.4, 0.5) is 10.1 Å². The van der Waals surface area contributed by atoms with Crippen LogP contribution < -0.4 is 10.5 Å². The van der Waals surface area contributed by atoms with Crippen molar-refractivity contribution in [1.29, 1.82) is 5.26 Å². The topological polar surface area (TPSA) is 102 Å². The van der Waals surface area contributed by atoms with Crippen LogP contribution in [-0.4, -0.2) is 17.6 Å². The van der Waals surface area contributed by atoms with Crippen molar-refractivity contribution in [2.24, 2.45) is 5.73 Å². The SMILES string of the molecule is N#CC(N)COc1ccc(F)cc1[N+](=O)[O-]. The van der Waals surface area contributed by atoms with E-state index in [9.17, 15) is 14.5 Å². The van der Waals surface area contributed by atoms with Crippen LogP contribution in [0.15, 0.2) is 18.2 Å². The van der Waals surface area contributed by atoms with Gasteiger partial charge in [-0.25, -0.2) is 4.39 Å². The van der Waals surface area contributed by atoms with E-state index in [1.54, 1.807) is 6.07 Å². The molecule has 1 aromatic carbocycles. The molecule has 0 saturated heterocycles. The van der Waals surface area contributed by atoms with Gasteiger partial charge in [0.2, 0.25) is 0 Å². The van der Waals surface area contributed by atoms with E-state index in [0.717, 1.165) is 18.2 Å². The minimum absolute atomic E-state index is 0.114. The second-order valence-corrected chi connectivity index (χ2v) is 2.92. The first-order chi connectivity index (χ1) is 7.54. The normalized spacial score (nSPS) is 11.6. The van der Waals surface area contributed by atoms with E-state index >= 15 is 0 Å². The predicted octanol–water partition coefficient (Wildman–Crippen LogP) is 0.964. The number of benzene rings is 1. The number of nitrogens with two attached hydrogens (primary N) is 1. The summed E-state index contributed by atoms with van der Waals surface area (Å²) in [6.07, 6.45) is 0. The fourth-order valence-electron chi connectivity index (χ4n) is 0.972. The molecule has 84 valence electrons. The summed E-state index contributed by atoms with van der Waals surface area (Å²) in [5.74, 6) is -0.847. The number of nitrogens with zero attached hydrogens (tertiary/aromatic N) is 2. The third kappa shape index (κ3) is 2.90. The Labute approximate surface area is 90.2 Å². The summed E-state index contributed by atoms with van der Waals surface area (Å²) in [7, 11) is 0. The summed E-state index contributed by atoms with van der Waals surface area (Å²) in [4.78, 5) is 9.78. The molecule has 0 bridgehead atoms. The summed E-state index contributed by atoms with van der Waals surface area (Å²) in [5, 5.41) is 18.9. The highest BCUT2D eigenvalue weighted by Gasteiger charge is 2.16. The number of nitriles is 1. The van der Waals surface area contributed by atoms with E-state index in [0.29, 0.717) is 0 Å². The molecule has 1 aromatic rings. The second-order valence-electron chi connectivity index (χ2n) is 2.92. The van der Waals surface area contributed by atoms with Gasteiger partial charge in [-0.1, -0.05) is 0 Å². The van der Waals surface area contributed by atoms with Crippen LogP contribution in [0, 0.1) is 27.3 Å². The molecule has 6 nitrogen and oxygen atoms in total. The monoisotopic (exact) mass is 225 g/mol. The van der Waals surface area contributed by atoms with Crippen molar-refractivity contribution < 1.29 is 14.1 Å². The van der Waals surface area contributed by atoms with Gasteiger partial charge in [0.25, 0.3) is 0 Å². The third-order valence-corrected chi connectivity index (χ3v) is 1.70. The molecule has 0 aliphatic heterocycles. The molecule has 0 aliphatic rings. The maximum atomic E-state index is 12.7. The van der Waals surface area contributed by atoms with Crippen LogP contribution in [0.25, 0.3) is 0 Å². The average Bonchev–Trinajstić information content (AvgIpc) is 2.26. The summed E-state index contributed by atoms with van der Waals surface area (Å²) in [6.45, 7) is -0.191. The van der Waals surface area contributed by atoms with E-state index in [-0.39, 0.29) is 12.4 Å². The highest BCUT2D eigenvalue weighted by molar-refractivity contribution is 5.46. The lowest BCUT2D eigenvalue weighted by atomic mass is 10.3. The number of nitro groups is 1. The number of rotatable bonds is 4. The first kappa shape index (κ1) is 11.9. The molecule has 0 aliphatic carbocycles. The van der Waals surface area contributed by atoms with Gasteiger partial charge in [0, 0.05) is 0 Å². The standard InChI is InChI=1S/C9H8FN3O3/c10-6-1-2-9(8(3-6)13(14)15)16-5-7(12)4-11/h1-3,7H,5,12H2. The molecule has 0 amide bonds. The molecule has 0 heterocycles. The van der Waals surface area contributed by atoms with Crippen molar-refractivity contribution in [3.8, 4) is 11.8 Å². The van der Waals surface area contributed by atoms with Crippen molar-refractivity contribution in [3.05, 3.63) is 34.1 Å². The van der Waals surface area contributed by atoms with Crippen molar-refractivity contribution in [2.75, 3.05) is 6.61 Å². The first-order valence-electron chi connectivity index (χ1n) is 4.26. The average molecular weight is 225 g/mol. The lowest BCUT2D eigenvalue weighted by Crippen LogP contribution is -2.25. The maximum absolute atomic E-state index is 12.7. The molecule has 2 N–H and O–H groups in total. The quantitative estimate of drug-likeness (QED) is 0.607. The molecule has 7 heteroatoms. The first-order valence-corrected chi connectivity index (χ1v) is 4.26. The van der Waals surface area contributed by atoms with Crippen molar-refractivity contribution in [1.82, 2.24) is 0 Å². The zero-order valence-corrected chi connectivity index (χ0v) is 8.09. The maximum Gasteiger partial charge on any atom is 0.313 e. The summed E-state index contributed by atoms with van der Waals surface area (Å²) >= 11 is 0. The lowest BCUT2D eigenvalue weighted by Gasteiger charge is -2.07. The Balaban J connectivity index is 2.88. The predicted molar refractivity (Wildman–Crippen MR) is 52.1 cm³/mol. The largest absolute Gasteiger partial charge is 0.484 e. The lowest BCUT2D eigenvalue weighted by molar-refractivity contribution is -0.386. The van der Waals surface area contributed by atoms with Crippen LogP contribution in [0.2, 0.25) is 0 Å². The molecule has 0 saturated carbocycles. The second kappa shape index (κ2) is 5.04. The molecule has 1 unspecified atom stereocenters. The van der Waals surface area contributed by atoms with Gasteiger partial charge in [-0.3, -0.25) is 10.1 Å². The van der Waals surface area contributed by atoms with Gasteiger partial charge in [0.1, 0.15) is 18.5 Å². The molecular formula is C9H8FN3O3. The van der Waals surface area contributed by atoms with Gasteiger partial charge >= 0.3 is 5.69 Å². The molecule has 0 radical (unpaired) electrons. The number of nitro benzene ring substituents is 1. The van der Waals surface area contributed by atoms with Gasteiger partial charge in [-0.15, -0.1) is 0 Å². The number of ether oxygens (including phenoxy) is 1. The highest BCUT2D eigenvalue weighted by Crippen LogP contribution is 2.27. The van der Waals surface area contributed by atoms with Crippen molar-refractivity contribution in [2.45, 2.75) is 6.04 Å². The van der Waals surface area contributed by atoms with Gasteiger partial charge < -0.3 is 10.5 Å². The van der Waals surface area contributed by atoms with Gasteiger partial charge in [-0.2, -0.15) is 5.26 Å². The van der Waals surface area contributed by atoms with Gasteiger partial charge in [0.05, 0.1) is 17.1 Å². The Kier molecular flexibility index (Phi) is 3.74. The fourth-order valence-corrected chi connectivity index (χ4v) is 0.972. The van der Waals surface area contributed by atoms with E-state index in [4.69, 9.17) is 15.7 Å². The highest BCUT2D eigenvalue weighted by atomic mass is 19.1. The number of hydrogen-bond donors (Lipinski definition) is 1. The minimum atomic E-state index is -0.885. The zero-order valence-electron chi connectivity index (χ0n) is 8.09. The van der Waals surface area contributed by atoms with Crippen molar-refractivity contribution >= 4 is 5.69 Å². The van der Waals surface area contributed by atoms with Crippen molar-refractivity contribution in [3.63, 3.8) is 0 Å². The Morgan fingerprint density at radius 2 is 2.38 bits per heavy atom. The van der Waals surface area contributed by atoms with E-state index in [1.165, 1.54) is 0 Å².